The summed E-state index contributed by atoms with van der Waals surface area (Å²) in [7, 11) is 1.23. The Balaban J connectivity index is 1.14. The Morgan fingerprint density at radius 3 is 2.36 bits per heavy atom. The number of rotatable bonds is 10. The number of fused-ring (bicyclic) bond motifs is 1. The van der Waals surface area contributed by atoms with E-state index >= 15 is 0 Å². The first kappa shape index (κ1) is 29.6. The first-order valence-electron chi connectivity index (χ1n) is 15.4. The van der Waals surface area contributed by atoms with Gasteiger partial charge in [0.25, 0.3) is 5.91 Å². The molecule has 44 heavy (non-hydrogen) atoms. The second-order valence-electron chi connectivity index (χ2n) is 12.3. The molecule has 2 aromatic carbocycles. The molecule has 0 spiro atoms. The smallest absolute Gasteiger partial charge is 0.434 e. The number of anilines is 1. The molecule has 4 bridgehead atoms. The molecule has 3 amide bonds. The number of aliphatic imine (C=N–C) groups is 1. The molecule has 7 rings (SSSR count). The van der Waals surface area contributed by atoms with Gasteiger partial charge < -0.3 is 25.1 Å². The van der Waals surface area contributed by atoms with E-state index < -0.39 is 30.3 Å². The molecule has 3 N–H and O–H groups in total. The van der Waals surface area contributed by atoms with Gasteiger partial charge >= 0.3 is 12.1 Å². The Hall–Kier alpha value is -4.47. The summed E-state index contributed by atoms with van der Waals surface area (Å²) < 4.78 is 10.6. The Bertz CT molecular complexity index is 1570. The van der Waals surface area contributed by atoms with Gasteiger partial charge in [0.1, 0.15) is 18.2 Å². The van der Waals surface area contributed by atoms with E-state index in [9.17, 15) is 19.2 Å². The predicted octanol–water partition coefficient (Wildman–Crippen LogP) is 4.97. The zero-order valence-corrected chi connectivity index (χ0v) is 24.8. The fraction of sp³-hybridized carbons (Fsp3) is 0.441. The number of carbonyl (C=O) groups excluding carboxylic acids is 4. The molecular formula is C34H38N4O6. The Morgan fingerprint density at radius 1 is 0.909 bits per heavy atom. The Labute approximate surface area is 256 Å². The normalized spacial score (nSPS) is 23.8. The molecular weight excluding hydrogens is 560 g/mol. The van der Waals surface area contributed by atoms with Gasteiger partial charge in [-0.2, -0.15) is 4.99 Å². The largest absolute Gasteiger partial charge is 0.469 e. The molecule has 10 nitrogen and oxygen atoms in total. The summed E-state index contributed by atoms with van der Waals surface area (Å²) in [5, 5.41) is 6.59. The van der Waals surface area contributed by atoms with Crippen molar-refractivity contribution >= 4 is 46.2 Å². The topological polar surface area (TPSA) is 139 Å². The lowest BCUT2D eigenvalue weighted by Gasteiger charge is -2.53. The summed E-state index contributed by atoms with van der Waals surface area (Å²) in [6.07, 6.45) is 6.94. The molecule has 1 heterocycles. The summed E-state index contributed by atoms with van der Waals surface area (Å²) in [5.41, 5.74) is 3.20. The maximum atomic E-state index is 13.5. The minimum atomic E-state index is -0.703. The standard InChI is InChI=1S/C34H38N4O6/c1-43-31(40)18-30(39)37-27-8-4-2-6-22(27)10-11-35-33(41)29(17-25-19-36-28-9-5-3-7-26(25)28)38-34(42)44-32-23-13-20-12-21(15-23)16-24(32)14-20/h2-9,19-21,23-24,32,36H,10-18H2,1H3,(H,35,41)(H,37,39). The second kappa shape index (κ2) is 13.0. The number of nitrogens with zero attached hydrogens (tertiary/aromatic N) is 1. The third-order valence-electron chi connectivity index (χ3n) is 9.40. The number of aromatic nitrogens is 1. The van der Waals surface area contributed by atoms with Crippen molar-refractivity contribution < 1.29 is 28.7 Å². The van der Waals surface area contributed by atoms with Crippen LogP contribution in [0, 0.1) is 23.7 Å². The molecule has 0 unspecified atom stereocenters. The van der Waals surface area contributed by atoms with Crippen LogP contribution in [-0.4, -0.2) is 54.3 Å². The number of amides is 3. The number of benzene rings is 2. The third kappa shape index (κ3) is 6.69. The number of ether oxygens (including phenoxy) is 2. The SMILES string of the molecule is COC(=O)CC(=O)Nc1ccccc1CCNC(=O)C(Cc1c[nH]c2ccccc12)=NC(=O)OC1C2CC3CC(C2)CC1C3. The van der Waals surface area contributed by atoms with E-state index in [0.717, 1.165) is 59.5 Å². The minimum absolute atomic E-state index is 0.0863. The van der Waals surface area contributed by atoms with Gasteiger partial charge in [-0.25, -0.2) is 4.79 Å². The van der Waals surface area contributed by atoms with Crippen molar-refractivity contribution in [2.24, 2.45) is 28.7 Å². The molecule has 3 aromatic rings. The molecule has 0 aliphatic heterocycles. The van der Waals surface area contributed by atoms with Crippen LogP contribution in [0.15, 0.2) is 59.7 Å². The van der Waals surface area contributed by atoms with Crippen molar-refractivity contribution in [3.8, 4) is 0 Å². The van der Waals surface area contributed by atoms with Crippen LogP contribution in [-0.2, 0) is 36.7 Å². The van der Waals surface area contributed by atoms with Gasteiger partial charge in [-0.05, 0) is 85.5 Å². The average molecular weight is 599 g/mol. The highest BCUT2D eigenvalue weighted by Crippen LogP contribution is 2.54. The van der Waals surface area contributed by atoms with Gasteiger partial charge in [0.2, 0.25) is 5.91 Å². The van der Waals surface area contributed by atoms with Crippen LogP contribution >= 0.6 is 0 Å². The molecule has 4 aliphatic carbocycles. The molecule has 10 heteroatoms. The summed E-state index contributed by atoms with van der Waals surface area (Å²) in [4.78, 5) is 57.9. The zero-order chi connectivity index (χ0) is 30.6. The first-order valence-corrected chi connectivity index (χ1v) is 15.4. The fourth-order valence-electron chi connectivity index (χ4n) is 7.62. The summed E-state index contributed by atoms with van der Waals surface area (Å²) in [5.74, 6) is 0.726. The van der Waals surface area contributed by atoms with Gasteiger partial charge in [0.15, 0.2) is 0 Å². The van der Waals surface area contributed by atoms with E-state index in [1.807, 2.05) is 42.6 Å². The quantitative estimate of drug-likeness (QED) is 0.171. The number of hydrogen-bond donors (Lipinski definition) is 3. The van der Waals surface area contributed by atoms with Crippen molar-refractivity contribution in [3.63, 3.8) is 0 Å². The average Bonchev–Trinajstić information content (AvgIpc) is 3.41. The molecule has 230 valence electrons. The zero-order valence-electron chi connectivity index (χ0n) is 24.8. The van der Waals surface area contributed by atoms with E-state index in [1.54, 1.807) is 12.1 Å². The Kier molecular flexibility index (Phi) is 8.77. The van der Waals surface area contributed by atoms with Crippen molar-refractivity contribution in [2.45, 2.75) is 57.5 Å². The first-order chi connectivity index (χ1) is 21.4. The molecule has 4 fully saturated rings. The number of nitrogens with one attached hydrogen (secondary N) is 3. The maximum absolute atomic E-state index is 13.5. The molecule has 0 atom stereocenters. The van der Waals surface area contributed by atoms with Crippen molar-refractivity contribution in [2.75, 3.05) is 19.0 Å². The van der Waals surface area contributed by atoms with E-state index in [1.165, 1.54) is 13.5 Å². The lowest BCUT2D eigenvalue weighted by Crippen LogP contribution is -2.49. The van der Waals surface area contributed by atoms with Crippen molar-refractivity contribution in [1.29, 1.82) is 0 Å². The number of carbonyl (C=O) groups is 4. The van der Waals surface area contributed by atoms with Gasteiger partial charge in [-0.15, -0.1) is 0 Å². The van der Waals surface area contributed by atoms with Crippen LogP contribution < -0.4 is 10.6 Å². The Morgan fingerprint density at radius 2 is 1.61 bits per heavy atom. The van der Waals surface area contributed by atoms with Gasteiger partial charge in [-0.3, -0.25) is 14.4 Å². The van der Waals surface area contributed by atoms with Crippen LogP contribution in [0.3, 0.4) is 0 Å². The minimum Gasteiger partial charge on any atom is -0.469 e. The number of aromatic amines is 1. The van der Waals surface area contributed by atoms with Gasteiger partial charge in [-0.1, -0.05) is 36.4 Å². The molecule has 0 radical (unpaired) electrons. The van der Waals surface area contributed by atoms with Crippen molar-refractivity contribution in [1.82, 2.24) is 10.3 Å². The number of para-hydroxylation sites is 2. The fourth-order valence-corrected chi connectivity index (χ4v) is 7.62. The number of hydrogen-bond acceptors (Lipinski definition) is 6. The highest BCUT2D eigenvalue weighted by Gasteiger charge is 2.50. The number of esters is 1. The van der Waals surface area contributed by atoms with Gasteiger partial charge in [0.05, 0.1) is 7.11 Å². The highest BCUT2D eigenvalue weighted by atomic mass is 16.6. The summed E-state index contributed by atoms with van der Waals surface area (Å²) >= 11 is 0. The molecule has 4 saturated carbocycles. The number of methoxy groups -OCH3 is 1. The van der Waals surface area contributed by atoms with E-state index in [2.05, 4.69) is 25.3 Å². The molecule has 4 aliphatic rings. The predicted molar refractivity (Wildman–Crippen MR) is 165 cm³/mol. The lowest BCUT2D eigenvalue weighted by molar-refractivity contribution is -0.142. The lowest BCUT2D eigenvalue weighted by atomic mass is 9.55. The highest BCUT2D eigenvalue weighted by molar-refractivity contribution is 6.40. The second-order valence-corrected chi connectivity index (χ2v) is 12.3. The number of H-pyrrole nitrogens is 1. The summed E-state index contributed by atoms with van der Waals surface area (Å²) in [6, 6.07) is 15.0. The third-order valence-corrected chi connectivity index (χ3v) is 9.40. The molecule has 0 saturated heterocycles. The van der Waals surface area contributed by atoms with Crippen LogP contribution in [0.5, 0.6) is 0 Å². The maximum Gasteiger partial charge on any atom is 0.434 e. The van der Waals surface area contributed by atoms with Gasteiger partial charge in [0, 0.05) is 35.8 Å². The van der Waals surface area contributed by atoms with E-state index in [4.69, 9.17) is 4.74 Å². The van der Waals surface area contributed by atoms with E-state index in [0.29, 0.717) is 23.9 Å². The van der Waals surface area contributed by atoms with Crippen LogP contribution in [0.2, 0.25) is 0 Å². The molecule has 1 aromatic heterocycles. The monoisotopic (exact) mass is 598 g/mol. The van der Waals surface area contributed by atoms with Crippen LogP contribution in [0.1, 0.15) is 49.7 Å². The van der Waals surface area contributed by atoms with E-state index in [-0.39, 0.29) is 24.8 Å². The summed E-state index contributed by atoms with van der Waals surface area (Å²) in [6.45, 7) is 0.236. The van der Waals surface area contributed by atoms with Crippen LogP contribution in [0.4, 0.5) is 10.5 Å². The van der Waals surface area contributed by atoms with Crippen LogP contribution in [0.25, 0.3) is 10.9 Å². The van der Waals surface area contributed by atoms with Crippen molar-refractivity contribution in [3.05, 3.63) is 65.9 Å².